The van der Waals surface area contributed by atoms with E-state index in [9.17, 15) is 0 Å². The van der Waals surface area contributed by atoms with Gasteiger partial charge in [-0.1, -0.05) is 13.8 Å². The molecular formula is C12H16N4S. The summed E-state index contributed by atoms with van der Waals surface area (Å²) in [6.07, 6.45) is 1.83. The van der Waals surface area contributed by atoms with Crippen LogP contribution in [0, 0.1) is 17.6 Å². The number of hydrogen-bond donors (Lipinski definition) is 1. The fraction of sp³-hybridized carbons (Fsp3) is 0.417. The Morgan fingerprint density at radius 2 is 2.18 bits per heavy atom. The summed E-state index contributed by atoms with van der Waals surface area (Å²) in [5, 5.41) is 7.12. The molecule has 0 aromatic carbocycles. The number of aromatic amines is 1. The molecule has 1 N–H and O–H groups in total. The maximum absolute atomic E-state index is 5.24. The third-order valence-corrected chi connectivity index (χ3v) is 2.79. The molecule has 5 heteroatoms. The molecule has 0 saturated carbocycles. The van der Waals surface area contributed by atoms with Gasteiger partial charge in [0.1, 0.15) is 0 Å². The fourth-order valence-corrected chi connectivity index (χ4v) is 1.88. The van der Waals surface area contributed by atoms with Crippen molar-refractivity contribution in [3.05, 3.63) is 28.8 Å². The third kappa shape index (κ3) is 2.61. The first-order valence-electron chi connectivity index (χ1n) is 5.66. The van der Waals surface area contributed by atoms with E-state index < -0.39 is 0 Å². The molecule has 0 fully saturated rings. The Balaban J connectivity index is 2.45. The van der Waals surface area contributed by atoms with Gasteiger partial charge in [-0.05, 0) is 37.2 Å². The zero-order chi connectivity index (χ0) is 12.4. The van der Waals surface area contributed by atoms with Crippen LogP contribution < -0.4 is 0 Å². The third-order valence-electron chi connectivity index (χ3n) is 2.48. The van der Waals surface area contributed by atoms with Gasteiger partial charge in [-0.3, -0.25) is 14.6 Å². The van der Waals surface area contributed by atoms with Gasteiger partial charge in [-0.15, -0.1) is 0 Å². The number of aryl methyl sites for hydroxylation is 1. The number of nitrogens with zero attached hydrogens (tertiary/aromatic N) is 3. The molecule has 2 heterocycles. The van der Waals surface area contributed by atoms with Gasteiger partial charge in [0, 0.05) is 24.0 Å². The first-order valence-corrected chi connectivity index (χ1v) is 6.07. The van der Waals surface area contributed by atoms with E-state index in [0.29, 0.717) is 10.7 Å². The average molecular weight is 248 g/mol. The van der Waals surface area contributed by atoms with Crippen LogP contribution in [0.5, 0.6) is 0 Å². The summed E-state index contributed by atoms with van der Waals surface area (Å²) in [4.78, 5) is 4.28. The highest BCUT2D eigenvalue weighted by atomic mass is 32.1. The van der Waals surface area contributed by atoms with Crippen LogP contribution >= 0.6 is 12.2 Å². The van der Waals surface area contributed by atoms with Crippen LogP contribution in [0.2, 0.25) is 0 Å². The van der Waals surface area contributed by atoms with Crippen molar-refractivity contribution in [2.75, 3.05) is 0 Å². The molecule has 0 bridgehead atoms. The van der Waals surface area contributed by atoms with Crippen LogP contribution in [0.25, 0.3) is 11.4 Å². The van der Waals surface area contributed by atoms with Gasteiger partial charge in [0.25, 0.3) is 0 Å². The molecule has 0 unspecified atom stereocenters. The highest BCUT2D eigenvalue weighted by Crippen LogP contribution is 2.17. The standard InChI is InChI=1S/C12H16N4S/c1-8(2)7-16-11(14-15-12(16)17)10-5-4-9(3)13-6-10/h4-6,8H,7H2,1-3H3,(H,15,17). The lowest BCUT2D eigenvalue weighted by Gasteiger charge is -2.09. The molecule has 0 saturated heterocycles. The Bertz CT molecular complexity index is 551. The van der Waals surface area contributed by atoms with Crippen LogP contribution in [-0.4, -0.2) is 19.7 Å². The Kier molecular flexibility index (Phi) is 3.38. The molecule has 17 heavy (non-hydrogen) atoms. The second-order valence-corrected chi connectivity index (χ2v) is 4.93. The van der Waals surface area contributed by atoms with E-state index in [1.54, 1.807) is 0 Å². The van der Waals surface area contributed by atoms with Crippen molar-refractivity contribution in [2.45, 2.75) is 27.3 Å². The molecule has 2 aromatic heterocycles. The maximum Gasteiger partial charge on any atom is 0.195 e. The van der Waals surface area contributed by atoms with Gasteiger partial charge >= 0.3 is 0 Å². The molecule has 0 aliphatic heterocycles. The minimum atomic E-state index is 0.524. The summed E-state index contributed by atoms with van der Waals surface area (Å²) in [5.41, 5.74) is 1.99. The maximum atomic E-state index is 5.24. The average Bonchev–Trinajstić information content (AvgIpc) is 2.61. The van der Waals surface area contributed by atoms with Gasteiger partial charge in [-0.25, -0.2) is 0 Å². The minimum Gasteiger partial charge on any atom is -0.300 e. The fourth-order valence-electron chi connectivity index (χ4n) is 1.67. The van der Waals surface area contributed by atoms with Gasteiger partial charge in [0.15, 0.2) is 10.6 Å². The number of nitrogens with one attached hydrogen (secondary N) is 1. The monoisotopic (exact) mass is 248 g/mol. The summed E-state index contributed by atoms with van der Waals surface area (Å²) in [7, 11) is 0. The zero-order valence-corrected chi connectivity index (χ0v) is 11.1. The normalized spacial score (nSPS) is 11.1. The summed E-state index contributed by atoms with van der Waals surface area (Å²) in [6, 6.07) is 4.00. The first kappa shape index (κ1) is 12.0. The van der Waals surface area contributed by atoms with Crippen LogP contribution in [-0.2, 0) is 6.54 Å². The van der Waals surface area contributed by atoms with E-state index in [-0.39, 0.29) is 0 Å². The predicted molar refractivity (Wildman–Crippen MR) is 70.2 cm³/mol. The highest BCUT2D eigenvalue weighted by Gasteiger charge is 2.10. The van der Waals surface area contributed by atoms with Crippen molar-refractivity contribution in [2.24, 2.45) is 5.92 Å². The van der Waals surface area contributed by atoms with Crippen molar-refractivity contribution in [1.29, 1.82) is 0 Å². The molecule has 2 aromatic rings. The van der Waals surface area contributed by atoms with Crippen molar-refractivity contribution < 1.29 is 0 Å². The molecule has 2 rings (SSSR count). The molecule has 4 nitrogen and oxygen atoms in total. The SMILES string of the molecule is Cc1ccc(-c2n[nH]c(=S)n2CC(C)C)cn1. The van der Waals surface area contributed by atoms with Crippen molar-refractivity contribution >= 4 is 12.2 Å². The van der Waals surface area contributed by atoms with Crippen molar-refractivity contribution in [3.8, 4) is 11.4 Å². The Morgan fingerprint density at radius 3 is 2.76 bits per heavy atom. The summed E-state index contributed by atoms with van der Waals surface area (Å²) < 4.78 is 2.68. The Morgan fingerprint density at radius 1 is 1.41 bits per heavy atom. The molecule has 0 amide bonds. The second-order valence-electron chi connectivity index (χ2n) is 4.55. The zero-order valence-electron chi connectivity index (χ0n) is 10.3. The summed E-state index contributed by atoms with van der Waals surface area (Å²) >= 11 is 5.24. The summed E-state index contributed by atoms with van der Waals surface area (Å²) in [5.74, 6) is 1.38. The molecule has 0 radical (unpaired) electrons. The summed E-state index contributed by atoms with van der Waals surface area (Å²) in [6.45, 7) is 7.14. The molecule has 0 spiro atoms. The van der Waals surface area contributed by atoms with E-state index in [2.05, 4.69) is 29.0 Å². The van der Waals surface area contributed by atoms with Crippen LogP contribution in [0.3, 0.4) is 0 Å². The number of pyridine rings is 1. The lowest BCUT2D eigenvalue weighted by molar-refractivity contribution is 0.521. The van der Waals surface area contributed by atoms with Gasteiger partial charge in [0.05, 0.1) is 0 Å². The Hall–Kier alpha value is -1.49. The van der Waals surface area contributed by atoms with Crippen molar-refractivity contribution in [1.82, 2.24) is 19.7 Å². The lowest BCUT2D eigenvalue weighted by Crippen LogP contribution is -2.06. The van der Waals surface area contributed by atoms with Gasteiger partial charge < -0.3 is 0 Å². The number of hydrogen-bond acceptors (Lipinski definition) is 3. The molecule has 0 aliphatic rings. The van der Waals surface area contributed by atoms with E-state index >= 15 is 0 Å². The van der Waals surface area contributed by atoms with Crippen LogP contribution in [0.4, 0.5) is 0 Å². The topological polar surface area (TPSA) is 46.5 Å². The highest BCUT2D eigenvalue weighted by molar-refractivity contribution is 7.71. The number of H-pyrrole nitrogens is 1. The van der Waals surface area contributed by atoms with E-state index in [1.165, 1.54) is 0 Å². The van der Waals surface area contributed by atoms with Crippen molar-refractivity contribution in [3.63, 3.8) is 0 Å². The van der Waals surface area contributed by atoms with Gasteiger partial charge in [0.2, 0.25) is 0 Å². The van der Waals surface area contributed by atoms with Crippen LogP contribution in [0.1, 0.15) is 19.5 Å². The largest absolute Gasteiger partial charge is 0.300 e. The number of rotatable bonds is 3. The Labute approximate surface area is 106 Å². The minimum absolute atomic E-state index is 0.524. The van der Waals surface area contributed by atoms with E-state index in [4.69, 9.17) is 12.2 Å². The first-order chi connectivity index (χ1) is 8.08. The van der Waals surface area contributed by atoms with Gasteiger partial charge in [-0.2, -0.15) is 5.10 Å². The smallest absolute Gasteiger partial charge is 0.195 e. The molecule has 0 aliphatic carbocycles. The second kappa shape index (κ2) is 4.79. The van der Waals surface area contributed by atoms with E-state index in [1.807, 2.05) is 29.8 Å². The lowest BCUT2D eigenvalue weighted by atomic mass is 10.2. The van der Waals surface area contributed by atoms with Crippen LogP contribution in [0.15, 0.2) is 18.3 Å². The predicted octanol–water partition coefficient (Wildman–Crippen LogP) is 2.97. The molecule has 0 atom stereocenters. The number of aromatic nitrogens is 4. The quantitative estimate of drug-likeness (QED) is 0.849. The molecule has 90 valence electrons. The molecular weight excluding hydrogens is 232 g/mol. The van der Waals surface area contributed by atoms with E-state index in [0.717, 1.165) is 23.6 Å².